The molecule has 0 aliphatic rings. The van der Waals surface area contributed by atoms with Gasteiger partial charge in [0.15, 0.2) is 11.5 Å². The van der Waals surface area contributed by atoms with E-state index in [2.05, 4.69) is 10.6 Å². The molecule has 2 aromatic carbocycles. The van der Waals surface area contributed by atoms with Crippen LogP contribution >= 0.6 is 36.4 Å². The molecule has 0 bridgehead atoms. The van der Waals surface area contributed by atoms with Gasteiger partial charge in [0.2, 0.25) is 0 Å². The topological polar surface area (TPSA) is 62.8 Å². The third-order valence-corrected chi connectivity index (χ3v) is 4.14. The van der Waals surface area contributed by atoms with Crippen molar-refractivity contribution in [3.05, 3.63) is 58.6 Å². The highest BCUT2D eigenvalue weighted by atomic mass is 35.5. The van der Waals surface area contributed by atoms with Crippen LogP contribution in [0.2, 0.25) is 5.02 Å². The lowest BCUT2D eigenvalue weighted by Gasteiger charge is -2.16. The van der Waals surface area contributed by atoms with Gasteiger partial charge in [-0.25, -0.2) is 0 Å². The molecule has 0 heterocycles. The fourth-order valence-electron chi connectivity index (χ4n) is 2.53. The monoisotopic (exact) mass is 450 g/mol. The summed E-state index contributed by atoms with van der Waals surface area (Å²) in [6, 6.07) is 13.5. The molecule has 0 saturated heterocycles. The predicted octanol–water partition coefficient (Wildman–Crippen LogP) is 3.83. The van der Waals surface area contributed by atoms with Crippen molar-refractivity contribution in [1.82, 2.24) is 10.6 Å². The van der Waals surface area contributed by atoms with Crippen molar-refractivity contribution < 1.29 is 14.6 Å². The molecule has 0 unspecified atom stereocenters. The predicted molar refractivity (Wildman–Crippen MR) is 120 cm³/mol. The van der Waals surface area contributed by atoms with Gasteiger partial charge in [0.05, 0.1) is 13.7 Å². The van der Waals surface area contributed by atoms with Crippen molar-refractivity contribution in [2.24, 2.45) is 0 Å². The quantitative estimate of drug-likeness (QED) is 0.428. The third-order valence-electron chi connectivity index (χ3n) is 3.89. The second-order valence-electron chi connectivity index (χ2n) is 5.87. The number of para-hydroxylation sites is 1. The zero-order chi connectivity index (χ0) is 18.6. The summed E-state index contributed by atoms with van der Waals surface area (Å²) >= 11 is 5.93. The molecular formula is C20H29Cl3N2O3. The van der Waals surface area contributed by atoms with Crippen molar-refractivity contribution in [3.8, 4) is 11.5 Å². The lowest BCUT2D eigenvalue weighted by molar-refractivity contribution is 0.280. The van der Waals surface area contributed by atoms with Gasteiger partial charge in [0, 0.05) is 23.7 Å². The lowest BCUT2D eigenvalue weighted by Crippen LogP contribution is -2.24. The Morgan fingerprint density at radius 3 is 2.36 bits per heavy atom. The summed E-state index contributed by atoms with van der Waals surface area (Å²) in [5, 5.41) is 16.0. The van der Waals surface area contributed by atoms with E-state index in [4.69, 9.17) is 26.2 Å². The van der Waals surface area contributed by atoms with Crippen molar-refractivity contribution >= 4 is 36.4 Å². The van der Waals surface area contributed by atoms with Gasteiger partial charge in [-0.3, -0.25) is 0 Å². The minimum Gasteiger partial charge on any atom is -0.493 e. The average Bonchev–Trinajstić information content (AvgIpc) is 2.67. The summed E-state index contributed by atoms with van der Waals surface area (Å²) in [6.07, 6.45) is 0.991. The number of nitrogens with one attached hydrogen (secondary N) is 2. The summed E-state index contributed by atoms with van der Waals surface area (Å²) in [4.78, 5) is 0. The zero-order valence-electron chi connectivity index (χ0n) is 15.9. The second-order valence-corrected chi connectivity index (χ2v) is 6.30. The number of ether oxygens (including phenoxy) is 2. The molecule has 3 N–H and O–H groups in total. The first-order valence-corrected chi connectivity index (χ1v) is 9.18. The number of hydrogen-bond acceptors (Lipinski definition) is 5. The van der Waals surface area contributed by atoms with Crippen LogP contribution in [0.25, 0.3) is 0 Å². The van der Waals surface area contributed by atoms with E-state index in [0.29, 0.717) is 24.7 Å². The minimum atomic E-state index is 0. The van der Waals surface area contributed by atoms with Crippen molar-refractivity contribution in [2.45, 2.75) is 19.6 Å². The molecule has 0 saturated carbocycles. The Balaban J connectivity index is 0.00000364. The molecule has 0 amide bonds. The number of methoxy groups -OCH3 is 1. The van der Waals surface area contributed by atoms with Crippen LogP contribution in [-0.2, 0) is 13.2 Å². The maximum Gasteiger partial charge on any atom is 0.166 e. The van der Waals surface area contributed by atoms with Crippen LogP contribution in [0.1, 0.15) is 17.5 Å². The Morgan fingerprint density at radius 1 is 0.964 bits per heavy atom. The van der Waals surface area contributed by atoms with Crippen LogP contribution in [0.5, 0.6) is 11.5 Å². The van der Waals surface area contributed by atoms with E-state index in [1.807, 2.05) is 42.5 Å². The van der Waals surface area contributed by atoms with Gasteiger partial charge < -0.3 is 25.2 Å². The number of aliphatic hydroxyl groups excluding tert-OH is 1. The summed E-state index contributed by atoms with van der Waals surface area (Å²) in [5.74, 6) is 1.48. The van der Waals surface area contributed by atoms with Crippen molar-refractivity contribution in [3.63, 3.8) is 0 Å². The zero-order valence-corrected chi connectivity index (χ0v) is 18.3. The Bertz CT molecular complexity index is 658. The highest BCUT2D eigenvalue weighted by Gasteiger charge is 2.10. The maximum atomic E-state index is 8.73. The lowest BCUT2D eigenvalue weighted by atomic mass is 10.1. The molecule has 158 valence electrons. The summed E-state index contributed by atoms with van der Waals surface area (Å²) in [7, 11) is 1.65. The molecule has 8 heteroatoms. The first-order chi connectivity index (χ1) is 12.7. The fraction of sp³-hybridized carbons (Fsp3) is 0.400. The van der Waals surface area contributed by atoms with Gasteiger partial charge in [0.25, 0.3) is 0 Å². The van der Waals surface area contributed by atoms with Crippen LogP contribution in [0.15, 0.2) is 42.5 Å². The molecule has 0 aliphatic carbocycles. The third kappa shape index (κ3) is 9.32. The van der Waals surface area contributed by atoms with Gasteiger partial charge in [-0.05, 0) is 43.3 Å². The van der Waals surface area contributed by atoms with E-state index in [0.717, 1.165) is 42.1 Å². The van der Waals surface area contributed by atoms with E-state index in [9.17, 15) is 0 Å². The van der Waals surface area contributed by atoms with Crippen LogP contribution in [0, 0.1) is 0 Å². The van der Waals surface area contributed by atoms with Crippen molar-refractivity contribution in [1.29, 1.82) is 0 Å². The van der Waals surface area contributed by atoms with E-state index in [1.165, 1.54) is 0 Å². The highest BCUT2D eigenvalue weighted by molar-refractivity contribution is 6.30. The van der Waals surface area contributed by atoms with Crippen LogP contribution < -0.4 is 20.1 Å². The molecular weight excluding hydrogens is 423 g/mol. The molecule has 0 fully saturated rings. The van der Waals surface area contributed by atoms with Gasteiger partial charge in [-0.1, -0.05) is 35.9 Å². The normalized spacial score (nSPS) is 9.96. The summed E-state index contributed by atoms with van der Waals surface area (Å²) in [6.45, 7) is 3.73. The first-order valence-electron chi connectivity index (χ1n) is 8.80. The van der Waals surface area contributed by atoms with Crippen LogP contribution in [0.3, 0.4) is 0 Å². The fourth-order valence-corrected chi connectivity index (χ4v) is 2.65. The van der Waals surface area contributed by atoms with E-state index in [1.54, 1.807) is 7.11 Å². The number of halogens is 3. The Morgan fingerprint density at radius 2 is 1.68 bits per heavy atom. The van der Waals surface area contributed by atoms with E-state index >= 15 is 0 Å². The van der Waals surface area contributed by atoms with Crippen molar-refractivity contribution in [2.75, 3.05) is 33.4 Å². The van der Waals surface area contributed by atoms with Gasteiger partial charge >= 0.3 is 0 Å². The Labute approximate surface area is 184 Å². The van der Waals surface area contributed by atoms with E-state index in [-0.39, 0.29) is 31.4 Å². The molecule has 5 nitrogen and oxygen atoms in total. The Hall–Kier alpha value is -1.21. The SMILES string of the molecule is COc1cccc(CNCCCNCCO)c1OCc1ccc(Cl)cc1.Cl.Cl. The molecule has 0 atom stereocenters. The second kappa shape index (κ2) is 15.7. The van der Waals surface area contributed by atoms with Crippen LogP contribution in [-0.4, -0.2) is 38.5 Å². The van der Waals surface area contributed by atoms with E-state index < -0.39 is 0 Å². The Kier molecular flexibility index (Phi) is 15.0. The van der Waals surface area contributed by atoms with Gasteiger partial charge in [-0.2, -0.15) is 0 Å². The largest absolute Gasteiger partial charge is 0.493 e. The maximum absolute atomic E-state index is 8.73. The van der Waals surface area contributed by atoms with Gasteiger partial charge in [-0.15, -0.1) is 24.8 Å². The number of benzene rings is 2. The highest BCUT2D eigenvalue weighted by Crippen LogP contribution is 2.31. The average molecular weight is 452 g/mol. The number of hydrogen-bond donors (Lipinski definition) is 3. The summed E-state index contributed by atoms with van der Waals surface area (Å²) in [5.41, 5.74) is 2.11. The molecule has 0 spiro atoms. The minimum absolute atomic E-state index is 0. The molecule has 28 heavy (non-hydrogen) atoms. The molecule has 2 rings (SSSR count). The smallest absolute Gasteiger partial charge is 0.166 e. The molecule has 2 aromatic rings. The number of aliphatic hydroxyl groups is 1. The number of rotatable bonds is 12. The molecule has 0 aliphatic heterocycles. The van der Waals surface area contributed by atoms with Gasteiger partial charge in [0.1, 0.15) is 6.61 Å². The summed E-state index contributed by atoms with van der Waals surface area (Å²) < 4.78 is 11.5. The standard InChI is InChI=1S/C20H27ClN2O3.2ClH/c1-25-19-5-2-4-17(14-23-11-3-10-22-12-13-24)20(19)26-15-16-6-8-18(21)9-7-16;;/h2,4-9,22-24H,3,10-15H2,1H3;2*1H. The molecule has 0 radical (unpaired) electrons. The first kappa shape index (κ1) is 26.8. The van der Waals surface area contributed by atoms with Crippen LogP contribution in [0.4, 0.5) is 0 Å². The molecule has 0 aromatic heterocycles.